The highest BCUT2D eigenvalue weighted by Gasteiger charge is 2.24. The summed E-state index contributed by atoms with van der Waals surface area (Å²) in [5.74, 6) is -0.298. The minimum Gasteiger partial charge on any atom is -0.450 e. The third kappa shape index (κ3) is 5.57. The van der Waals surface area contributed by atoms with Crippen molar-refractivity contribution in [3.05, 3.63) is 57.9 Å². The van der Waals surface area contributed by atoms with E-state index >= 15 is 0 Å². The van der Waals surface area contributed by atoms with Crippen LogP contribution in [0, 0.1) is 0 Å². The van der Waals surface area contributed by atoms with Gasteiger partial charge in [0.2, 0.25) is 5.76 Å². The number of fused-ring (bicyclic) bond motifs is 1. The highest BCUT2D eigenvalue weighted by Crippen LogP contribution is 2.35. The van der Waals surface area contributed by atoms with E-state index in [4.69, 9.17) is 32.4 Å². The number of ether oxygens (including phenoxy) is 1. The van der Waals surface area contributed by atoms with Gasteiger partial charge in [-0.05, 0) is 25.0 Å². The molecule has 6 nitrogen and oxygen atoms in total. The van der Waals surface area contributed by atoms with Crippen molar-refractivity contribution in [1.29, 1.82) is 0 Å². The Kier molecular flexibility index (Phi) is 7.60. The molecule has 0 atom stereocenters. The van der Waals surface area contributed by atoms with Crippen molar-refractivity contribution in [2.24, 2.45) is 0 Å². The van der Waals surface area contributed by atoms with Crippen LogP contribution in [0.5, 0.6) is 0 Å². The second-order valence-electron chi connectivity index (χ2n) is 7.59. The molecule has 0 saturated heterocycles. The normalized spacial score (nSPS) is 14.4. The summed E-state index contributed by atoms with van der Waals surface area (Å²) in [6.45, 7) is -0.494. The van der Waals surface area contributed by atoms with E-state index in [1.165, 1.54) is 44.4 Å². The average molecular weight is 493 g/mol. The van der Waals surface area contributed by atoms with Gasteiger partial charge in [-0.15, -0.1) is 0 Å². The summed E-state index contributed by atoms with van der Waals surface area (Å²) in [6, 6.07) is 8.99. The van der Waals surface area contributed by atoms with Gasteiger partial charge in [-0.25, -0.2) is 9.78 Å². The number of halogens is 2. The molecule has 1 aromatic carbocycles. The molecule has 9 heteroatoms. The van der Waals surface area contributed by atoms with Crippen LogP contribution >= 0.6 is 35.0 Å². The summed E-state index contributed by atoms with van der Waals surface area (Å²) >= 11 is 13.7. The van der Waals surface area contributed by atoms with Crippen LogP contribution in [0.1, 0.15) is 48.2 Å². The van der Waals surface area contributed by atoms with E-state index in [1.807, 2.05) is 36.0 Å². The fourth-order valence-electron chi connectivity index (χ4n) is 3.71. The molecule has 2 heterocycles. The Labute approximate surface area is 200 Å². The maximum absolute atomic E-state index is 12.8. The molecular weight excluding hydrogens is 471 g/mol. The number of carbonyl (C=O) groups excluding carboxylic acids is 2. The molecule has 0 bridgehead atoms. The fraction of sp³-hybridized carbons (Fsp3) is 0.348. The first-order valence-corrected chi connectivity index (χ1v) is 12.2. The highest BCUT2D eigenvalue weighted by atomic mass is 35.5. The molecule has 1 fully saturated rings. The van der Waals surface area contributed by atoms with Crippen molar-refractivity contribution in [3.8, 4) is 0 Å². The number of rotatable bonds is 7. The molecular formula is C23H22Cl2N2O4S. The maximum atomic E-state index is 12.8. The van der Waals surface area contributed by atoms with Gasteiger partial charge < -0.3 is 14.5 Å². The molecule has 0 radical (unpaired) electrons. The van der Waals surface area contributed by atoms with E-state index in [0.717, 1.165) is 10.9 Å². The SMILES string of the molecule is O=C(COC(=O)c1oc2ccccc2c1CSC1CCCCC1)Nc1ncc(Cl)cc1Cl. The van der Waals surface area contributed by atoms with Crippen LogP contribution in [-0.4, -0.2) is 28.7 Å². The number of anilines is 1. The number of hydrogen-bond acceptors (Lipinski definition) is 6. The predicted molar refractivity (Wildman–Crippen MR) is 128 cm³/mol. The molecule has 4 rings (SSSR count). The zero-order valence-corrected chi connectivity index (χ0v) is 19.6. The number of hydrogen-bond donors (Lipinski definition) is 1. The van der Waals surface area contributed by atoms with Gasteiger partial charge in [0.1, 0.15) is 5.58 Å². The van der Waals surface area contributed by atoms with Gasteiger partial charge in [-0.2, -0.15) is 11.8 Å². The molecule has 0 aliphatic heterocycles. The zero-order valence-electron chi connectivity index (χ0n) is 17.2. The minimum atomic E-state index is -0.675. The molecule has 1 aliphatic rings. The largest absolute Gasteiger partial charge is 0.450 e. The fourth-order valence-corrected chi connectivity index (χ4v) is 5.49. The van der Waals surface area contributed by atoms with Crippen LogP contribution in [0.25, 0.3) is 11.0 Å². The van der Waals surface area contributed by atoms with Gasteiger partial charge in [0, 0.05) is 28.1 Å². The molecule has 1 N–H and O–H groups in total. The Morgan fingerprint density at radius 1 is 1.19 bits per heavy atom. The lowest BCUT2D eigenvalue weighted by molar-refractivity contribution is -0.119. The molecule has 3 aromatic rings. The van der Waals surface area contributed by atoms with Crippen molar-refractivity contribution in [1.82, 2.24) is 4.98 Å². The number of pyridine rings is 1. The first-order chi connectivity index (χ1) is 15.5. The van der Waals surface area contributed by atoms with Gasteiger partial charge >= 0.3 is 5.97 Å². The van der Waals surface area contributed by atoms with Crippen LogP contribution in [-0.2, 0) is 15.3 Å². The summed E-state index contributed by atoms with van der Waals surface area (Å²) < 4.78 is 11.1. The van der Waals surface area contributed by atoms with Crippen LogP contribution in [0.2, 0.25) is 10.0 Å². The van der Waals surface area contributed by atoms with Gasteiger partial charge in [-0.3, -0.25) is 4.79 Å². The standard InChI is InChI=1S/C23H22Cl2N2O4S/c24-14-10-18(25)22(26-11-14)27-20(28)12-30-23(29)21-17(13-32-15-6-2-1-3-7-15)16-8-4-5-9-19(16)31-21/h4-5,8-11,15H,1-3,6-7,12-13H2,(H,26,27,28). The molecule has 168 valence electrons. The highest BCUT2D eigenvalue weighted by molar-refractivity contribution is 7.99. The first-order valence-electron chi connectivity index (χ1n) is 10.4. The number of nitrogens with zero attached hydrogens (tertiary/aromatic N) is 1. The third-order valence-corrected chi connectivity index (χ3v) is 7.19. The molecule has 0 spiro atoms. The Hall–Kier alpha value is -2.22. The van der Waals surface area contributed by atoms with Crippen molar-refractivity contribution in [2.45, 2.75) is 43.1 Å². The third-order valence-electron chi connectivity index (χ3n) is 5.30. The maximum Gasteiger partial charge on any atom is 0.375 e. The smallest absolute Gasteiger partial charge is 0.375 e. The van der Waals surface area contributed by atoms with Gasteiger partial charge in [0.25, 0.3) is 5.91 Å². The Balaban J connectivity index is 1.43. The number of thioether (sulfide) groups is 1. The Morgan fingerprint density at radius 3 is 2.75 bits per heavy atom. The average Bonchev–Trinajstić information content (AvgIpc) is 3.17. The van der Waals surface area contributed by atoms with Crippen molar-refractivity contribution in [2.75, 3.05) is 11.9 Å². The number of nitrogens with one attached hydrogen (secondary N) is 1. The van der Waals surface area contributed by atoms with Crippen molar-refractivity contribution >= 4 is 63.6 Å². The lowest BCUT2D eigenvalue weighted by Gasteiger charge is -2.20. The zero-order chi connectivity index (χ0) is 22.5. The Bertz CT molecular complexity index is 1130. The molecule has 32 heavy (non-hydrogen) atoms. The quantitative estimate of drug-likeness (QED) is 0.379. The van der Waals surface area contributed by atoms with Gasteiger partial charge in [0.05, 0.1) is 10.0 Å². The second-order valence-corrected chi connectivity index (χ2v) is 9.72. The number of esters is 1. The number of carbonyl (C=O) groups is 2. The van der Waals surface area contributed by atoms with E-state index in [-0.39, 0.29) is 16.6 Å². The van der Waals surface area contributed by atoms with E-state index in [1.54, 1.807) is 0 Å². The molecule has 0 unspecified atom stereocenters. The van der Waals surface area contributed by atoms with E-state index in [2.05, 4.69) is 10.3 Å². The summed E-state index contributed by atoms with van der Waals surface area (Å²) in [5.41, 5.74) is 1.43. The second kappa shape index (κ2) is 10.6. The summed E-state index contributed by atoms with van der Waals surface area (Å²) in [7, 11) is 0. The van der Waals surface area contributed by atoms with Crippen LogP contribution in [0.15, 0.2) is 40.9 Å². The lowest BCUT2D eigenvalue weighted by atomic mass is 10.0. The predicted octanol–water partition coefficient (Wildman–Crippen LogP) is 6.50. The number of aromatic nitrogens is 1. The molecule has 1 saturated carbocycles. The topological polar surface area (TPSA) is 81.4 Å². The van der Waals surface area contributed by atoms with E-state index in [0.29, 0.717) is 21.6 Å². The van der Waals surface area contributed by atoms with Gasteiger partial charge in [0.15, 0.2) is 12.4 Å². The van der Waals surface area contributed by atoms with Crippen molar-refractivity contribution in [3.63, 3.8) is 0 Å². The van der Waals surface area contributed by atoms with Crippen LogP contribution < -0.4 is 5.32 Å². The molecule has 2 aromatic heterocycles. The number of furan rings is 1. The minimum absolute atomic E-state index is 0.143. The molecule has 1 amide bonds. The molecule has 1 aliphatic carbocycles. The number of para-hydroxylation sites is 1. The summed E-state index contributed by atoms with van der Waals surface area (Å²) in [5, 5.41) is 4.52. The van der Waals surface area contributed by atoms with Crippen LogP contribution in [0.3, 0.4) is 0 Å². The van der Waals surface area contributed by atoms with Gasteiger partial charge in [-0.1, -0.05) is 60.7 Å². The monoisotopic (exact) mass is 492 g/mol. The number of amides is 1. The summed E-state index contributed by atoms with van der Waals surface area (Å²) in [4.78, 5) is 29.0. The Morgan fingerprint density at radius 2 is 1.97 bits per heavy atom. The number of benzene rings is 1. The van der Waals surface area contributed by atoms with Crippen LogP contribution in [0.4, 0.5) is 5.82 Å². The van der Waals surface area contributed by atoms with Crippen molar-refractivity contribution < 1.29 is 18.7 Å². The van der Waals surface area contributed by atoms with E-state index in [9.17, 15) is 9.59 Å². The van der Waals surface area contributed by atoms with E-state index < -0.39 is 18.5 Å². The lowest BCUT2D eigenvalue weighted by Crippen LogP contribution is -2.22. The summed E-state index contributed by atoms with van der Waals surface area (Å²) in [6.07, 6.45) is 7.55. The first kappa shape index (κ1) is 23.0.